The van der Waals surface area contributed by atoms with E-state index >= 15 is 0 Å². The van der Waals surface area contributed by atoms with Gasteiger partial charge in [-0.05, 0) is 118 Å². The third-order valence-electron chi connectivity index (χ3n) is 11.2. The van der Waals surface area contributed by atoms with Gasteiger partial charge < -0.3 is 10.2 Å². The van der Waals surface area contributed by atoms with Crippen LogP contribution in [0.15, 0.2) is 100 Å². The van der Waals surface area contributed by atoms with Crippen LogP contribution in [0.4, 0.5) is 11.4 Å². The summed E-state index contributed by atoms with van der Waals surface area (Å²) in [5.74, 6) is 0.0531. The van der Waals surface area contributed by atoms with E-state index in [1.807, 2.05) is 57.2 Å². The first-order valence-corrected chi connectivity index (χ1v) is 22.4. The molecule has 0 radical (unpaired) electrons. The number of hydrogen-bond donors (Lipinski definition) is 3. The lowest BCUT2D eigenvalue weighted by molar-refractivity contribution is -0.438. The third-order valence-corrected chi connectivity index (χ3v) is 13.0. The van der Waals surface area contributed by atoms with E-state index in [1.165, 1.54) is 12.1 Å². The summed E-state index contributed by atoms with van der Waals surface area (Å²) in [4.78, 5) is 14.3. The quantitative estimate of drug-likeness (QED) is 0.0525. The first-order valence-electron chi connectivity index (χ1n) is 19.5. The van der Waals surface area contributed by atoms with Crippen molar-refractivity contribution in [2.45, 2.75) is 108 Å². The van der Waals surface area contributed by atoms with Gasteiger partial charge in [-0.3, -0.25) is 13.9 Å². The van der Waals surface area contributed by atoms with Crippen LogP contribution in [-0.4, -0.2) is 61.3 Å². The van der Waals surface area contributed by atoms with Gasteiger partial charge in [0.15, 0.2) is 5.71 Å². The lowest BCUT2D eigenvalue weighted by Crippen LogP contribution is -2.29. The maximum absolute atomic E-state index is 12.4. The molecule has 2 aliphatic rings. The molecule has 4 aromatic rings. The number of benzene rings is 4. The first-order chi connectivity index (χ1) is 26.7. The van der Waals surface area contributed by atoms with Crippen LogP contribution >= 0.6 is 0 Å². The van der Waals surface area contributed by atoms with Gasteiger partial charge in [0.1, 0.15) is 11.4 Å². The highest BCUT2D eigenvalue weighted by atomic mass is 32.2. The second-order valence-electron chi connectivity index (χ2n) is 16.5. The van der Waals surface area contributed by atoms with Crippen molar-refractivity contribution in [1.82, 2.24) is 5.32 Å². The molecule has 57 heavy (non-hydrogen) atoms. The number of aryl methyl sites for hydroxylation is 1. The van der Waals surface area contributed by atoms with Gasteiger partial charge in [-0.15, -0.1) is 0 Å². The molecule has 10 nitrogen and oxygen atoms in total. The van der Waals surface area contributed by atoms with Gasteiger partial charge in [0, 0.05) is 65.3 Å². The number of anilines is 1. The van der Waals surface area contributed by atoms with Crippen LogP contribution < -0.4 is 10.2 Å². The number of amides is 1. The molecule has 0 saturated carbocycles. The van der Waals surface area contributed by atoms with Crippen LogP contribution in [0.5, 0.6) is 0 Å². The molecule has 0 atom stereocenters. The van der Waals surface area contributed by atoms with E-state index in [0.717, 1.165) is 74.9 Å². The molecule has 1 amide bonds. The Kier molecular flexibility index (Phi) is 11.5. The predicted molar refractivity (Wildman–Crippen MR) is 229 cm³/mol. The summed E-state index contributed by atoms with van der Waals surface area (Å²) in [6.45, 7) is 17.7. The second kappa shape index (κ2) is 15.6. The molecule has 2 heterocycles. The number of unbranched alkanes of at least 4 members (excludes halogenated alkanes) is 2. The molecule has 2 aliphatic heterocycles. The van der Waals surface area contributed by atoms with Gasteiger partial charge in [0.05, 0.1) is 10.3 Å². The van der Waals surface area contributed by atoms with Crippen molar-refractivity contribution in [2.75, 3.05) is 18.0 Å². The van der Waals surface area contributed by atoms with Gasteiger partial charge in [0.25, 0.3) is 20.2 Å². The number of fused-ring (bicyclic) bond motifs is 6. The average molecular weight is 813 g/mol. The summed E-state index contributed by atoms with van der Waals surface area (Å²) in [5.41, 5.74) is 5.79. The monoisotopic (exact) mass is 812 g/mol. The van der Waals surface area contributed by atoms with Gasteiger partial charge in [-0.25, -0.2) is 0 Å². The zero-order valence-electron chi connectivity index (χ0n) is 34.0. The Morgan fingerprint density at radius 3 is 2.21 bits per heavy atom. The molecule has 0 aliphatic carbocycles. The average Bonchev–Trinajstić information content (AvgIpc) is 3.47. The van der Waals surface area contributed by atoms with Crippen molar-refractivity contribution in [3.63, 3.8) is 0 Å². The van der Waals surface area contributed by atoms with Crippen LogP contribution in [0.3, 0.4) is 0 Å². The smallest absolute Gasteiger partial charge is 0.295 e. The van der Waals surface area contributed by atoms with E-state index in [-0.39, 0.29) is 21.7 Å². The highest BCUT2D eigenvalue weighted by molar-refractivity contribution is 7.86. The minimum atomic E-state index is -4.43. The van der Waals surface area contributed by atoms with Crippen molar-refractivity contribution in [2.24, 2.45) is 0 Å². The fourth-order valence-electron chi connectivity index (χ4n) is 8.80. The molecular weight excluding hydrogens is 759 g/mol. The highest BCUT2D eigenvalue weighted by Crippen LogP contribution is 2.51. The Morgan fingerprint density at radius 1 is 0.825 bits per heavy atom. The van der Waals surface area contributed by atoms with E-state index in [9.17, 15) is 30.7 Å². The zero-order chi connectivity index (χ0) is 41.7. The molecule has 0 bridgehead atoms. The largest absolute Gasteiger partial charge is 0.354 e. The molecule has 0 aromatic heterocycles. The molecule has 0 unspecified atom stereocenters. The van der Waals surface area contributed by atoms with Crippen molar-refractivity contribution >= 4 is 64.8 Å². The van der Waals surface area contributed by atoms with E-state index in [1.54, 1.807) is 18.2 Å². The number of allylic oxidation sites excluding steroid dienone is 6. The summed E-state index contributed by atoms with van der Waals surface area (Å²) >= 11 is 0. The summed E-state index contributed by atoms with van der Waals surface area (Å²) < 4.78 is 71.4. The fourth-order valence-corrected chi connectivity index (χ4v) is 10.1. The molecule has 302 valence electrons. The van der Waals surface area contributed by atoms with Crippen molar-refractivity contribution in [1.29, 1.82) is 0 Å². The standard InChI is InChI=1S/C45H53N3O7S2/c1-9-47-36-24-22-33-35(26-30(4)27-38(33)57(53,54)55)43(36)44(5,6)39(47)16-12-10-13-17-40-45(7,8)42-34-28-32(56(50,51)52)21-19-31(34)20-23-37(42)48(40)25-15-11-14-18-41(49)46-29(2)3/h10,12-13,16-17,19-24,26-29H,9,11,14-15,18,25H2,1-8H3,(H2-,46,49,50,51,52,53,54,55)/p+1. The second-order valence-corrected chi connectivity index (χ2v) is 19.3. The first kappa shape index (κ1) is 42.0. The number of rotatable bonds is 13. The molecule has 0 saturated heterocycles. The molecule has 0 spiro atoms. The SMILES string of the molecule is CCN1\C(=C/C=C/C=C/C2=[N+](CCCCCC(=O)NC(C)C)c3ccc4ccc(S(=O)(=O)O)cc4c3C2(C)C)C(C)(C)c2c1ccc1c(S(=O)(=O)O)cc(C)cc21. The van der Waals surface area contributed by atoms with Crippen LogP contribution in [0.25, 0.3) is 21.5 Å². The maximum Gasteiger partial charge on any atom is 0.295 e. The molecule has 12 heteroatoms. The zero-order valence-corrected chi connectivity index (χ0v) is 35.7. The van der Waals surface area contributed by atoms with Gasteiger partial charge in [-0.1, -0.05) is 50.3 Å². The van der Waals surface area contributed by atoms with Gasteiger partial charge in [0.2, 0.25) is 11.6 Å². The number of carbonyl (C=O) groups is 1. The number of nitrogens with zero attached hydrogens (tertiary/aromatic N) is 2. The summed E-state index contributed by atoms with van der Waals surface area (Å²) in [6, 6.07) is 16.1. The van der Waals surface area contributed by atoms with Crippen LogP contribution in [0, 0.1) is 6.92 Å². The lowest BCUT2D eigenvalue weighted by atomic mass is 9.79. The summed E-state index contributed by atoms with van der Waals surface area (Å²) in [7, 11) is -8.84. The lowest BCUT2D eigenvalue weighted by Gasteiger charge is -2.26. The van der Waals surface area contributed by atoms with E-state index in [0.29, 0.717) is 24.9 Å². The van der Waals surface area contributed by atoms with Gasteiger partial charge in [-0.2, -0.15) is 21.4 Å². The van der Waals surface area contributed by atoms with Crippen LogP contribution in [0.2, 0.25) is 0 Å². The third kappa shape index (κ3) is 8.10. The normalized spacial score (nSPS) is 17.2. The van der Waals surface area contributed by atoms with Gasteiger partial charge >= 0.3 is 0 Å². The van der Waals surface area contributed by atoms with Crippen LogP contribution in [-0.2, 0) is 35.9 Å². The molecule has 4 aromatic carbocycles. The predicted octanol–water partition coefficient (Wildman–Crippen LogP) is 9.07. The Bertz CT molecular complexity index is 2630. The highest BCUT2D eigenvalue weighted by Gasteiger charge is 2.46. The van der Waals surface area contributed by atoms with E-state index in [4.69, 9.17) is 0 Å². The number of hydrogen-bond acceptors (Lipinski definition) is 6. The number of nitrogens with one attached hydrogen (secondary N) is 1. The van der Waals surface area contributed by atoms with Crippen molar-refractivity contribution in [3.05, 3.63) is 107 Å². The van der Waals surface area contributed by atoms with Crippen LogP contribution in [0.1, 0.15) is 90.8 Å². The Balaban J connectivity index is 1.35. The topological polar surface area (TPSA) is 144 Å². The van der Waals surface area contributed by atoms with E-state index in [2.05, 4.69) is 67.6 Å². The molecule has 6 rings (SSSR count). The minimum Gasteiger partial charge on any atom is -0.354 e. The molecule has 0 fully saturated rings. The maximum atomic E-state index is 12.4. The summed E-state index contributed by atoms with van der Waals surface area (Å²) in [6.07, 6.45) is 13.2. The van der Waals surface area contributed by atoms with E-state index < -0.39 is 31.1 Å². The van der Waals surface area contributed by atoms with Crippen molar-refractivity contribution < 1.29 is 35.3 Å². The summed E-state index contributed by atoms with van der Waals surface area (Å²) in [5, 5.41) is 5.88. The fraction of sp³-hybridized carbons (Fsp3) is 0.378. The Morgan fingerprint density at radius 2 is 1.54 bits per heavy atom. The Labute approximate surface area is 337 Å². The number of likely N-dealkylation sites (N-methyl/N-ethyl adjacent to an activating group) is 1. The number of carbonyl (C=O) groups excluding carboxylic acids is 1. The molecule has 3 N–H and O–H groups in total. The minimum absolute atomic E-state index is 0.0531. The molecular formula is C45H54N3O7S2+. The Hall–Kier alpha value is -4.62. The van der Waals surface area contributed by atoms with Crippen molar-refractivity contribution in [3.8, 4) is 0 Å².